The average molecular weight is 485 g/mol. The van der Waals surface area contributed by atoms with Crippen molar-refractivity contribution in [2.45, 2.75) is 38.1 Å². The fourth-order valence-corrected chi connectivity index (χ4v) is 4.22. The molecule has 0 saturated carbocycles. The van der Waals surface area contributed by atoms with Gasteiger partial charge in [-0.2, -0.15) is 0 Å². The molecule has 2 aromatic heterocycles. The molecule has 2 heterocycles. The number of aryl methyl sites for hydroxylation is 1. The van der Waals surface area contributed by atoms with E-state index in [1.807, 2.05) is 31.2 Å². The first-order valence-corrected chi connectivity index (χ1v) is 12.3. The molecule has 1 amide bonds. The molecule has 0 bridgehead atoms. The van der Waals surface area contributed by atoms with Crippen molar-refractivity contribution in [3.63, 3.8) is 0 Å². The highest BCUT2D eigenvalue weighted by molar-refractivity contribution is 7.98. The highest BCUT2D eigenvalue weighted by Crippen LogP contribution is 2.28. The summed E-state index contributed by atoms with van der Waals surface area (Å²) in [6, 6.07) is 11.1. The summed E-state index contributed by atoms with van der Waals surface area (Å²) in [4.78, 5) is 19.6. The van der Waals surface area contributed by atoms with Gasteiger partial charge in [0.25, 0.3) is 5.91 Å². The van der Waals surface area contributed by atoms with Crippen LogP contribution in [-0.4, -0.2) is 54.3 Å². The number of nitrogens with zero attached hydrogens (tertiary/aromatic N) is 3. The molecule has 0 saturated heterocycles. The predicted octanol–water partition coefficient (Wildman–Crippen LogP) is 4.33. The topological polar surface area (TPSA) is 89.7 Å². The van der Waals surface area contributed by atoms with Gasteiger partial charge in [0, 0.05) is 31.1 Å². The molecule has 182 valence electrons. The Morgan fingerprint density at radius 1 is 1.18 bits per heavy atom. The Morgan fingerprint density at radius 3 is 2.71 bits per heavy atom. The normalized spacial score (nSPS) is 11.0. The first kappa shape index (κ1) is 25.6. The molecule has 8 nitrogen and oxygen atoms in total. The fraction of sp³-hybridized carbons (Fsp3) is 0.400. The van der Waals surface area contributed by atoms with E-state index in [-0.39, 0.29) is 5.91 Å². The molecule has 9 heteroatoms. The van der Waals surface area contributed by atoms with Crippen molar-refractivity contribution >= 4 is 17.7 Å². The largest absolute Gasteiger partial charge is 0.493 e. The molecule has 3 rings (SSSR count). The zero-order valence-electron chi connectivity index (χ0n) is 20.2. The monoisotopic (exact) mass is 484 g/mol. The molecule has 0 aliphatic rings. The quantitative estimate of drug-likeness (QED) is 0.359. The van der Waals surface area contributed by atoms with Gasteiger partial charge < -0.3 is 24.2 Å². The van der Waals surface area contributed by atoms with E-state index < -0.39 is 0 Å². The molecule has 34 heavy (non-hydrogen) atoms. The van der Waals surface area contributed by atoms with Gasteiger partial charge in [-0.3, -0.25) is 4.79 Å². The lowest BCUT2D eigenvalue weighted by atomic mass is 10.2. The maximum atomic E-state index is 12.9. The number of likely N-dealkylation sites (N-methyl/N-ethyl adjacent to an activating group) is 1. The number of pyridine rings is 1. The van der Waals surface area contributed by atoms with Crippen LogP contribution in [-0.2, 0) is 12.3 Å². The second-order valence-electron chi connectivity index (χ2n) is 7.62. The van der Waals surface area contributed by atoms with Crippen molar-refractivity contribution in [3.05, 3.63) is 65.2 Å². The number of carbonyl (C=O) groups excluding carboxylic acids is 1. The molecule has 3 aromatic rings. The van der Waals surface area contributed by atoms with E-state index in [1.165, 1.54) is 11.8 Å². The molecular formula is C25H32N4O4S. The number of methoxy groups -OCH3 is 1. The number of amides is 1. The van der Waals surface area contributed by atoms with Crippen LogP contribution in [0.4, 0.5) is 0 Å². The van der Waals surface area contributed by atoms with Crippen LogP contribution < -0.4 is 14.8 Å². The van der Waals surface area contributed by atoms with Gasteiger partial charge in [-0.15, -0.1) is 0 Å². The third kappa shape index (κ3) is 7.23. The third-order valence-corrected chi connectivity index (χ3v) is 6.33. The number of nitrogens with one attached hydrogen (secondary N) is 1. The van der Waals surface area contributed by atoms with Gasteiger partial charge in [-0.05, 0) is 49.8 Å². The summed E-state index contributed by atoms with van der Waals surface area (Å²) >= 11 is 1.45. The first-order valence-electron chi connectivity index (χ1n) is 11.3. The van der Waals surface area contributed by atoms with Gasteiger partial charge in [-0.25, -0.2) is 4.98 Å². The van der Waals surface area contributed by atoms with Gasteiger partial charge in [0.2, 0.25) is 0 Å². The van der Waals surface area contributed by atoms with Gasteiger partial charge in [0.15, 0.2) is 11.5 Å². The minimum Gasteiger partial charge on any atom is -0.493 e. The first-order chi connectivity index (χ1) is 16.5. The summed E-state index contributed by atoms with van der Waals surface area (Å²) < 4.78 is 16.5. The van der Waals surface area contributed by atoms with E-state index in [1.54, 1.807) is 25.4 Å². The summed E-state index contributed by atoms with van der Waals surface area (Å²) in [5.74, 6) is 2.48. The Labute approximate surface area is 205 Å². The zero-order valence-corrected chi connectivity index (χ0v) is 21.0. The second kappa shape index (κ2) is 13.0. The van der Waals surface area contributed by atoms with E-state index in [0.717, 1.165) is 36.7 Å². The maximum Gasteiger partial charge on any atom is 0.254 e. The lowest BCUT2D eigenvalue weighted by molar-refractivity contribution is 0.0947. The van der Waals surface area contributed by atoms with Crippen LogP contribution in [0.3, 0.4) is 0 Å². The number of aromatic nitrogens is 2. The van der Waals surface area contributed by atoms with Crippen molar-refractivity contribution in [1.29, 1.82) is 0 Å². The van der Waals surface area contributed by atoms with Gasteiger partial charge in [0.1, 0.15) is 17.4 Å². The van der Waals surface area contributed by atoms with Crippen molar-refractivity contribution in [2.75, 3.05) is 33.4 Å². The van der Waals surface area contributed by atoms with Gasteiger partial charge in [-0.1, -0.05) is 36.8 Å². The highest BCUT2D eigenvalue weighted by Gasteiger charge is 2.14. The summed E-state index contributed by atoms with van der Waals surface area (Å²) in [5.41, 5.74) is 2.25. The molecular weight excluding hydrogens is 452 g/mol. The van der Waals surface area contributed by atoms with Crippen LogP contribution in [0.2, 0.25) is 0 Å². The number of ether oxygens (including phenoxy) is 2. The van der Waals surface area contributed by atoms with Crippen molar-refractivity contribution in [3.8, 4) is 11.5 Å². The molecule has 0 fully saturated rings. The Morgan fingerprint density at radius 2 is 2.00 bits per heavy atom. The van der Waals surface area contributed by atoms with Gasteiger partial charge >= 0.3 is 0 Å². The van der Waals surface area contributed by atoms with E-state index in [0.29, 0.717) is 41.0 Å². The summed E-state index contributed by atoms with van der Waals surface area (Å²) in [6.45, 7) is 9.91. The van der Waals surface area contributed by atoms with Crippen LogP contribution >= 0.6 is 11.8 Å². The minimum absolute atomic E-state index is 0.189. The number of rotatable bonds is 13. The molecule has 0 aliphatic heterocycles. The van der Waals surface area contributed by atoms with E-state index in [4.69, 9.17) is 14.0 Å². The van der Waals surface area contributed by atoms with Crippen LogP contribution in [0.5, 0.6) is 11.5 Å². The Balaban J connectivity index is 1.58. The molecule has 1 aromatic carbocycles. The Bertz CT molecular complexity index is 1070. The van der Waals surface area contributed by atoms with E-state index in [9.17, 15) is 4.79 Å². The standard InChI is InChI=1S/C25H32N4O4S/c1-5-29(6-2)12-13-32-22-10-9-19(15-23(22)31-4)16-27-24(30)21-8-7-11-26-25(21)34-17-20-14-18(3)33-28-20/h7-11,14-15H,5-6,12-13,16-17H2,1-4H3,(H,27,30). The molecule has 0 unspecified atom stereocenters. The van der Waals surface area contributed by atoms with E-state index in [2.05, 4.69) is 34.2 Å². The summed E-state index contributed by atoms with van der Waals surface area (Å²) in [6.07, 6.45) is 1.68. The van der Waals surface area contributed by atoms with E-state index >= 15 is 0 Å². The van der Waals surface area contributed by atoms with Crippen molar-refractivity contribution in [2.24, 2.45) is 0 Å². The minimum atomic E-state index is -0.189. The molecule has 1 N–H and O–H groups in total. The maximum absolute atomic E-state index is 12.9. The van der Waals surface area contributed by atoms with Crippen molar-refractivity contribution < 1.29 is 18.8 Å². The Kier molecular flexibility index (Phi) is 9.78. The van der Waals surface area contributed by atoms with Crippen LogP contribution in [0.25, 0.3) is 0 Å². The fourth-order valence-electron chi connectivity index (χ4n) is 3.35. The van der Waals surface area contributed by atoms with Crippen LogP contribution in [0.1, 0.15) is 41.2 Å². The molecule has 0 radical (unpaired) electrons. The number of thioether (sulfide) groups is 1. The van der Waals surface area contributed by atoms with Crippen LogP contribution in [0.15, 0.2) is 52.1 Å². The summed E-state index contributed by atoms with van der Waals surface area (Å²) in [5, 5.41) is 7.61. The lowest BCUT2D eigenvalue weighted by Gasteiger charge is -2.19. The smallest absolute Gasteiger partial charge is 0.254 e. The Hall–Kier alpha value is -3.04. The SMILES string of the molecule is CCN(CC)CCOc1ccc(CNC(=O)c2cccnc2SCc2cc(C)on2)cc1OC. The average Bonchev–Trinajstić information content (AvgIpc) is 3.29. The number of benzene rings is 1. The molecule has 0 aliphatic carbocycles. The zero-order chi connectivity index (χ0) is 24.3. The second-order valence-corrected chi connectivity index (χ2v) is 8.58. The summed E-state index contributed by atoms with van der Waals surface area (Å²) in [7, 11) is 1.62. The van der Waals surface area contributed by atoms with Gasteiger partial charge in [0.05, 0.1) is 18.4 Å². The highest BCUT2D eigenvalue weighted by atomic mass is 32.2. The molecule has 0 spiro atoms. The number of carbonyl (C=O) groups is 1. The van der Waals surface area contributed by atoms with Crippen molar-refractivity contribution in [1.82, 2.24) is 20.4 Å². The number of hydrogen-bond donors (Lipinski definition) is 1. The lowest BCUT2D eigenvalue weighted by Crippen LogP contribution is -2.28. The molecule has 0 atom stereocenters. The predicted molar refractivity (Wildman–Crippen MR) is 132 cm³/mol. The number of hydrogen-bond acceptors (Lipinski definition) is 8. The third-order valence-electron chi connectivity index (χ3n) is 5.29. The van der Waals surface area contributed by atoms with Crippen LogP contribution in [0, 0.1) is 6.92 Å².